The first-order chi connectivity index (χ1) is 9.31. The number of halogens is 2. The largest absolute Gasteiger partial charge is 0.480 e. The number of hydrogen-bond acceptors (Lipinski definition) is 3. The van der Waals surface area contributed by atoms with Crippen molar-refractivity contribution in [2.24, 2.45) is 0 Å². The van der Waals surface area contributed by atoms with E-state index in [1.807, 2.05) is 19.0 Å². The van der Waals surface area contributed by atoms with Gasteiger partial charge in [-0.2, -0.15) is 0 Å². The number of likely N-dealkylation sites (N-methyl/N-ethyl adjacent to an activating group) is 1. The van der Waals surface area contributed by atoms with Gasteiger partial charge in [-0.15, -0.1) is 0 Å². The normalized spacial score (nSPS) is 10.7. The van der Waals surface area contributed by atoms with Crippen LogP contribution < -0.4 is 0 Å². The Balaban J connectivity index is 2.90. The Hall–Kier alpha value is -1.47. The summed E-state index contributed by atoms with van der Waals surface area (Å²) in [5.41, 5.74) is 0.130. The Kier molecular flexibility index (Phi) is 6.09. The van der Waals surface area contributed by atoms with Gasteiger partial charge in [0.1, 0.15) is 12.4 Å². The first-order valence-corrected chi connectivity index (χ1v) is 6.71. The third kappa shape index (κ3) is 4.90. The van der Waals surface area contributed by atoms with Crippen LogP contribution in [-0.2, 0) is 4.79 Å². The van der Waals surface area contributed by atoms with Gasteiger partial charge in [0.05, 0.1) is 4.47 Å². The number of carbonyl (C=O) groups is 2. The minimum atomic E-state index is -1.10. The monoisotopic (exact) mass is 346 g/mol. The van der Waals surface area contributed by atoms with Gasteiger partial charge in [-0.1, -0.05) is 0 Å². The Labute approximate surface area is 125 Å². The summed E-state index contributed by atoms with van der Waals surface area (Å²) in [7, 11) is 3.64. The minimum Gasteiger partial charge on any atom is -0.480 e. The highest BCUT2D eigenvalue weighted by molar-refractivity contribution is 9.10. The molecule has 0 aliphatic heterocycles. The fourth-order valence-electron chi connectivity index (χ4n) is 1.55. The van der Waals surface area contributed by atoms with Gasteiger partial charge in [0.25, 0.3) is 5.91 Å². The van der Waals surface area contributed by atoms with E-state index >= 15 is 0 Å². The highest BCUT2D eigenvalue weighted by Gasteiger charge is 2.19. The molecule has 0 fully saturated rings. The lowest BCUT2D eigenvalue weighted by molar-refractivity contribution is -0.137. The first-order valence-electron chi connectivity index (χ1n) is 5.92. The Bertz CT molecular complexity index is 508. The summed E-state index contributed by atoms with van der Waals surface area (Å²) in [5, 5.41) is 8.85. The van der Waals surface area contributed by atoms with E-state index in [1.54, 1.807) is 0 Å². The van der Waals surface area contributed by atoms with Gasteiger partial charge >= 0.3 is 5.97 Å². The topological polar surface area (TPSA) is 60.9 Å². The minimum absolute atomic E-state index is 0.130. The van der Waals surface area contributed by atoms with Gasteiger partial charge in [0.2, 0.25) is 0 Å². The van der Waals surface area contributed by atoms with E-state index < -0.39 is 24.2 Å². The van der Waals surface area contributed by atoms with Crippen LogP contribution in [0.3, 0.4) is 0 Å². The molecule has 0 aliphatic rings. The second-order valence-electron chi connectivity index (χ2n) is 4.55. The van der Waals surface area contributed by atoms with Crippen LogP contribution in [0.15, 0.2) is 22.7 Å². The van der Waals surface area contributed by atoms with E-state index in [2.05, 4.69) is 15.9 Å². The molecule has 0 bridgehead atoms. The summed E-state index contributed by atoms with van der Waals surface area (Å²) < 4.78 is 13.7. The second kappa shape index (κ2) is 7.35. The summed E-state index contributed by atoms with van der Waals surface area (Å²) in [5.74, 6) is -2.16. The Morgan fingerprint density at radius 3 is 2.45 bits per heavy atom. The zero-order chi connectivity index (χ0) is 15.3. The molecule has 1 amide bonds. The molecule has 0 atom stereocenters. The fraction of sp³-hybridized carbons (Fsp3) is 0.385. The molecule has 0 saturated carbocycles. The summed E-state index contributed by atoms with van der Waals surface area (Å²) in [6.45, 7) is 0.373. The molecule has 7 heteroatoms. The number of amides is 1. The summed E-state index contributed by atoms with van der Waals surface area (Å²) in [6.07, 6.45) is 0. The van der Waals surface area contributed by atoms with Crippen molar-refractivity contribution in [2.45, 2.75) is 0 Å². The van der Waals surface area contributed by atoms with E-state index in [4.69, 9.17) is 5.11 Å². The Morgan fingerprint density at radius 2 is 1.95 bits per heavy atom. The fourth-order valence-corrected chi connectivity index (χ4v) is 1.79. The van der Waals surface area contributed by atoms with Crippen LogP contribution in [0, 0.1) is 5.82 Å². The number of benzene rings is 1. The van der Waals surface area contributed by atoms with Crippen LogP contribution >= 0.6 is 15.9 Å². The summed E-state index contributed by atoms with van der Waals surface area (Å²) in [4.78, 5) is 26.1. The molecule has 0 aliphatic carbocycles. The van der Waals surface area contributed by atoms with Gasteiger partial charge in [-0.05, 0) is 48.2 Å². The van der Waals surface area contributed by atoms with Crippen molar-refractivity contribution < 1.29 is 19.1 Å². The van der Waals surface area contributed by atoms with E-state index in [0.29, 0.717) is 6.54 Å². The number of carbonyl (C=O) groups excluding carboxylic acids is 1. The van der Waals surface area contributed by atoms with Gasteiger partial charge in [0, 0.05) is 18.7 Å². The molecule has 20 heavy (non-hydrogen) atoms. The molecule has 0 radical (unpaired) electrons. The maximum absolute atomic E-state index is 13.4. The maximum Gasteiger partial charge on any atom is 0.323 e. The van der Waals surface area contributed by atoms with E-state index in [1.165, 1.54) is 17.0 Å². The van der Waals surface area contributed by atoms with E-state index in [9.17, 15) is 14.0 Å². The van der Waals surface area contributed by atoms with Crippen LogP contribution in [0.5, 0.6) is 0 Å². The molecule has 1 rings (SSSR count). The van der Waals surface area contributed by atoms with Crippen molar-refractivity contribution in [1.82, 2.24) is 9.80 Å². The number of nitrogens with zero attached hydrogens (tertiary/aromatic N) is 2. The lowest BCUT2D eigenvalue weighted by Crippen LogP contribution is -2.40. The van der Waals surface area contributed by atoms with Gasteiger partial charge in [-0.3, -0.25) is 9.59 Å². The molecular formula is C13H16BrFN2O3. The molecule has 0 unspecified atom stereocenters. The summed E-state index contributed by atoms with van der Waals surface area (Å²) in [6, 6.07) is 3.98. The molecule has 0 aromatic heterocycles. The lowest BCUT2D eigenvalue weighted by Gasteiger charge is -2.22. The first kappa shape index (κ1) is 16.6. The van der Waals surface area contributed by atoms with Crippen LogP contribution in [-0.4, -0.2) is 60.5 Å². The van der Waals surface area contributed by atoms with Gasteiger partial charge in [0.15, 0.2) is 0 Å². The van der Waals surface area contributed by atoms with Crippen molar-refractivity contribution >= 4 is 27.8 Å². The maximum atomic E-state index is 13.4. The van der Waals surface area contributed by atoms with Gasteiger partial charge < -0.3 is 14.9 Å². The SMILES string of the molecule is CN(C)CCN(CC(=O)O)C(=O)c1ccc(Br)c(F)c1. The average Bonchev–Trinajstić information content (AvgIpc) is 2.36. The van der Waals surface area contributed by atoms with Gasteiger partial charge in [-0.25, -0.2) is 4.39 Å². The second-order valence-corrected chi connectivity index (χ2v) is 5.41. The lowest BCUT2D eigenvalue weighted by atomic mass is 10.2. The molecule has 1 aromatic rings. The predicted octanol–water partition coefficient (Wildman–Crippen LogP) is 1.68. The number of hydrogen-bond donors (Lipinski definition) is 1. The molecule has 110 valence electrons. The standard InChI is InChI=1S/C13H16BrFN2O3/c1-16(2)5-6-17(8-12(18)19)13(20)9-3-4-10(14)11(15)7-9/h3-4,7H,5-6,8H2,1-2H3,(H,18,19). The number of carboxylic acid groups (broad SMARTS) is 1. The van der Waals surface area contributed by atoms with Crippen LogP contribution in [0.2, 0.25) is 0 Å². The predicted molar refractivity (Wildman–Crippen MR) is 76.2 cm³/mol. The highest BCUT2D eigenvalue weighted by atomic mass is 79.9. The van der Waals surface area contributed by atoms with E-state index in [-0.39, 0.29) is 16.6 Å². The number of aliphatic carboxylic acids is 1. The molecule has 0 saturated heterocycles. The zero-order valence-electron chi connectivity index (χ0n) is 11.3. The third-order valence-corrected chi connectivity index (χ3v) is 3.24. The van der Waals surface area contributed by atoms with Crippen molar-refractivity contribution in [3.63, 3.8) is 0 Å². The van der Waals surface area contributed by atoms with Crippen molar-refractivity contribution in [2.75, 3.05) is 33.7 Å². The van der Waals surface area contributed by atoms with Crippen molar-refractivity contribution in [1.29, 1.82) is 0 Å². The molecule has 1 N–H and O–H groups in total. The van der Waals surface area contributed by atoms with Crippen molar-refractivity contribution in [3.05, 3.63) is 34.1 Å². The molecule has 0 heterocycles. The molecule has 5 nitrogen and oxygen atoms in total. The highest BCUT2D eigenvalue weighted by Crippen LogP contribution is 2.17. The third-order valence-electron chi connectivity index (χ3n) is 2.60. The number of carboxylic acids is 1. The zero-order valence-corrected chi connectivity index (χ0v) is 12.9. The smallest absolute Gasteiger partial charge is 0.323 e. The number of rotatable bonds is 6. The molecule has 0 spiro atoms. The average molecular weight is 347 g/mol. The molecule has 1 aromatic carbocycles. The summed E-state index contributed by atoms with van der Waals surface area (Å²) >= 11 is 3.00. The molecular weight excluding hydrogens is 331 g/mol. The quantitative estimate of drug-likeness (QED) is 0.851. The van der Waals surface area contributed by atoms with E-state index in [0.717, 1.165) is 6.07 Å². The van der Waals surface area contributed by atoms with Crippen LogP contribution in [0.1, 0.15) is 10.4 Å². The van der Waals surface area contributed by atoms with Crippen molar-refractivity contribution in [3.8, 4) is 0 Å². The Morgan fingerprint density at radius 1 is 1.30 bits per heavy atom. The van der Waals surface area contributed by atoms with Crippen LogP contribution in [0.25, 0.3) is 0 Å². The van der Waals surface area contributed by atoms with Crippen LogP contribution in [0.4, 0.5) is 4.39 Å².